The number of anilines is 1. The SMILES string of the molecule is CCCNc1nc(OC)nc(-n2cnc3ccccc32)n1. The van der Waals surface area contributed by atoms with Gasteiger partial charge in [0, 0.05) is 6.54 Å². The molecule has 3 aromatic rings. The van der Waals surface area contributed by atoms with E-state index in [1.165, 1.54) is 7.11 Å². The van der Waals surface area contributed by atoms with E-state index in [4.69, 9.17) is 4.74 Å². The highest BCUT2D eigenvalue weighted by Gasteiger charge is 2.11. The summed E-state index contributed by atoms with van der Waals surface area (Å²) in [5.41, 5.74) is 1.83. The van der Waals surface area contributed by atoms with Gasteiger partial charge in [-0.05, 0) is 18.6 Å². The van der Waals surface area contributed by atoms with Gasteiger partial charge in [-0.25, -0.2) is 4.98 Å². The van der Waals surface area contributed by atoms with Gasteiger partial charge in [0.15, 0.2) is 0 Å². The van der Waals surface area contributed by atoms with Crippen molar-refractivity contribution in [1.29, 1.82) is 0 Å². The van der Waals surface area contributed by atoms with Gasteiger partial charge in [0.2, 0.25) is 11.9 Å². The maximum absolute atomic E-state index is 5.15. The molecule has 7 nitrogen and oxygen atoms in total. The van der Waals surface area contributed by atoms with Gasteiger partial charge in [0.25, 0.3) is 0 Å². The molecule has 21 heavy (non-hydrogen) atoms. The molecule has 2 heterocycles. The van der Waals surface area contributed by atoms with Crippen LogP contribution in [0.5, 0.6) is 6.01 Å². The minimum Gasteiger partial charge on any atom is -0.467 e. The molecule has 7 heteroatoms. The summed E-state index contributed by atoms with van der Waals surface area (Å²) in [4.78, 5) is 17.2. The van der Waals surface area contributed by atoms with Crippen LogP contribution in [0, 0.1) is 0 Å². The molecule has 0 fully saturated rings. The first-order valence-corrected chi connectivity index (χ1v) is 6.78. The van der Waals surface area contributed by atoms with Crippen molar-refractivity contribution >= 4 is 17.0 Å². The molecule has 0 aliphatic carbocycles. The van der Waals surface area contributed by atoms with Gasteiger partial charge in [-0.3, -0.25) is 4.57 Å². The number of aromatic nitrogens is 5. The van der Waals surface area contributed by atoms with Gasteiger partial charge >= 0.3 is 6.01 Å². The number of nitrogens with one attached hydrogen (secondary N) is 1. The maximum atomic E-state index is 5.15. The van der Waals surface area contributed by atoms with Crippen molar-refractivity contribution in [2.75, 3.05) is 19.0 Å². The molecule has 0 unspecified atom stereocenters. The molecule has 0 amide bonds. The first-order chi connectivity index (χ1) is 10.3. The number of imidazole rings is 1. The van der Waals surface area contributed by atoms with Gasteiger partial charge in [-0.15, -0.1) is 0 Å². The van der Waals surface area contributed by atoms with Crippen molar-refractivity contribution in [2.45, 2.75) is 13.3 Å². The lowest BCUT2D eigenvalue weighted by atomic mass is 10.3. The minimum atomic E-state index is 0.274. The first kappa shape index (κ1) is 13.3. The Morgan fingerprint density at radius 2 is 2.05 bits per heavy atom. The largest absolute Gasteiger partial charge is 0.467 e. The molecule has 0 bridgehead atoms. The Kier molecular flexibility index (Phi) is 3.63. The number of hydrogen-bond donors (Lipinski definition) is 1. The highest BCUT2D eigenvalue weighted by Crippen LogP contribution is 2.17. The van der Waals surface area contributed by atoms with E-state index >= 15 is 0 Å². The second-order valence-electron chi connectivity index (χ2n) is 4.48. The van der Waals surface area contributed by atoms with E-state index in [1.807, 2.05) is 28.8 Å². The number of hydrogen-bond acceptors (Lipinski definition) is 6. The molecule has 0 radical (unpaired) electrons. The van der Waals surface area contributed by atoms with Crippen LogP contribution < -0.4 is 10.1 Å². The predicted molar refractivity (Wildman–Crippen MR) is 79.8 cm³/mol. The molecule has 0 aliphatic heterocycles. The van der Waals surface area contributed by atoms with E-state index in [0.29, 0.717) is 11.9 Å². The Labute approximate surface area is 122 Å². The average Bonchev–Trinajstić information content (AvgIpc) is 2.96. The maximum Gasteiger partial charge on any atom is 0.322 e. The van der Waals surface area contributed by atoms with Gasteiger partial charge in [-0.1, -0.05) is 19.1 Å². The van der Waals surface area contributed by atoms with Crippen LogP contribution in [0.3, 0.4) is 0 Å². The molecule has 1 aromatic carbocycles. The van der Waals surface area contributed by atoms with E-state index < -0.39 is 0 Å². The van der Waals surface area contributed by atoms with E-state index in [1.54, 1.807) is 6.33 Å². The molecule has 0 saturated carbocycles. The van der Waals surface area contributed by atoms with Crippen molar-refractivity contribution in [3.8, 4) is 12.0 Å². The van der Waals surface area contributed by atoms with Gasteiger partial charge in [0.05, 0.1) is 18.1 Å². The summed E-state index contributed by atoms with van der Waals surface area (Å²) in [6.45, 7) is 2.87. The molecule has 0 aliphatic rings. The summed E-state index contributed by atoms with van der Waals surface area (Å²) >= 11 is 0. The van der Waals surface area contributed by atoms with Crippen LogP contribution in [-0.4, -0.2) is 38.2 Å². The van der Waals surface area contributed by atoms with Crippen LogP contribution in [0.2, 0.25) is 0 Å². The number of benzene rings is 1. The lowest BCUT2D eigenvalue weighted by Gasteiger charge is -2.08. The molecule has 0 saturated heterocycles. The van der Waals surface area contributed by atoms with E-state index in [0.717, 1.165) is 24.0 Å². The second kappa shape index (κ2) is 5.74. The Balaban J connectivity index is 2.08. The van der Waals surface area contributed by atoms with Crippen LogP contribution in [0.4, 0.5) is 5.95 Å². The number of ether oxygens (including phenoxy) is 1. The lowest BCUT2D eigenvalue weighted by molar-refractivity contribution is 0.378. The fraction of sp³-hybridized carbons (Fsp3) is 0.286. The Morgan fingerprint density at radius 3 is 2.86 bits per heavy atom. The molecule has 108 valence electrons. The number of methoxy groups -OCH3 is 1. The van der Waals surface area contributed by atoms with Crippen LogP contribution in [0.25, 0.3) is 17.0 Å². The second-order valence-corrected chi connectivity index (χ2v) is 4.48. The third kappa shape index (κ3) is 2.62. The molecule has 0 atom stereocenters. The molecule has 1 N–H and O–H groups in total. The number of para-hydroxylation sites is 2. The van der Waals surface area contributed by atoms with Crippen LogP contribution in [0.15, 0.2) is 30.6 Å². The van der Waals surface area contributed by atoms with E-state index in [-0.39, 0.29) is 6.01 Å². The standard InChI is InChI=1S/C14H16N6O/c1-3-8-15-12-17-13(19-14(18-12)21-2)20-9-16-10-6-4-5-7-11(10)20/h4-7,9H,3,8H2,1-2H3,(H,15,17,18,19). The quantitative estimate of drug-likeness (QED) is 0.772. The zero-order valence-corrected chi connectivity index (χ0v) is 11.9. The highest BCUT2D eigenvalue weighted by molar-refractivity contribution is 5.76. The van der Waals surface area contributed by atoms with Crippen molar-refractivity contribution in [3.63, 3.8) is 0 Å². The lowest BCUT2D eigenvalue weighted by Crippen LogP contribution is -2.10. The summed E-state index contributed by atoms with van der Waals surface area (Å²) in [7, 11) is 1.54. The summed E-state index contributed by atoms with van der Waals surface area (Å²) < 4.78 is 6.97. The summed E-state index contributed by atoms with van der Waals surface area (Å²) in [6.07, 6.45) is 2.68. The van der Waals surface area contributed by atoms with Gasteiger partial charge in [0.1, 0.15) is 6.33 Å². The number of fused-ring (bicyclic) bond motifs is 1. The topological polar surface area (TPSA) is 77.8 Å². The average molecular weight is 284 g/mol. The number of nitrogens with zero attached hydrogens (tertiary/aromatic N) is 5. The smallest absolute Gasteiger partial charge is 0.322 e. The Hall–Kier alpha value is -2.70. The third-order valence-electron chi connectivity index (χ3n) is 2.99. The first-order valence-electron chi connectivity index (χ1n) is 6.78. The van der Waals surface area contributed by atoms with Crippen molar-refractivity contribution < 1.29 is 4.74 Å². The summed E-state index contributed by atoms with van der Waals surface area (Å²) in [5.74, 6) is 0.977. The molecular formula is C14H16N6O. The molecule has 0 spiro atoms. The molecular weight excluding hydrogens is 268 g/mol. The Bertz CT molecular complexity index is 754. The zero-order chi connectivity index (χ0) is 14.7. The van der Waals surface area contributed by atoms with Crippen molar-refractivity contribution in [1.82, 2.24) is 24.5 Å². The predicted octanol–water partition coefficient (Wildman–Crippen LogP) is 2.04. The van der Waals surface area contributed by atoms with Gasteiger partial charge < -0.3 is 10.1 Å². The fourth-order valence-electron chi connectivity index (χ4n) is 1.98. The van der Waals surface area contributed by atoms with E-state index in [2.05, 4.69) is 32.2 Å². The van der Waals surface area contributed by atoms with Crippen LogP contribution in [0.1, 0.15) is 13.3 Å². The monoisotopic (exact) mass is 284 g/mol. The van der Waals surface area contributed by atoms with Crippen LogP contribution >= 0.6 is 0 Å². The van der Waals surface area contributed by atoms with E-state index in [9.17, 15) is 0 Å². The normalized spacial score (nSPS) is 10.8. The zero-order valence-electron chi connectivity index (χ0n) is 11.9. The number of rotatable bonds is 5. The fourth-order valence-corrected chi connectivity index (χ4v) is 1.98. The highest BCUT2D eigenvalue weighted by atomic mass is 16.5. The molecule has 3 rings (SSSR count). The van der Waals surface area contributed by atoms with Gasteiger partial charge in [-0.2, -0.15) is 15.0 Å². The molecule has 2 aromatic heterocycles. The third-order valence-corrected chi connectivity index (χ3v) is 2.99. The summed E-state index contributed by atoms with van der Waals surface area (Å²) in [6, 6.07) is 8.09. The van der Waals surface area contributed by atoms with Crippen molar-refractivity contribution in [3.05, 3.63) is 30.6 Å². The van der Waals surface area contributed by atoms with Crippen LogP contribution in [-0.2, 0) is 0 Å². The minimum absolute atomic E-state index is 0.274. The van der Waals surface area contributed by atoms with Crippen molar-refractivity contribution in [2.24, 2.45) is 0 Å². The summed E-state index contributed by atoms with van der Waals surface area (Å²) in [5, 5.41) is 3.14. The Morgan fingerprint density at radius 1 is 1.19 bits per heavy atom.